The van der Waals surface area contributed by atoms with E-state index >= 15 is 0 Å². The van der Waals surface area contributed by atoms with Crippen molar-refractivity contribution in [3.8, 4) is 5.75 Å². The van der Waals surface area contributed by atoms with Gasteiger partial charge >= 0.3 is 0 Å². The quantitative estimate of drug-likeness (QED) is 0.283. The summed E-state index contributed by atoms with van der Waals surface area (Å²) in [5, 5.41) is 2.94. The third-order valence-corrected chi connectivity index (χ3v) is 7.69. The number of nitrogens with one attached hydrogen (secondary N) is 1. The summed E-state index contributed by atoms with van der Waals surface area (Å²) in [5.41, 5.74) is 5.40. The van der Waals surface area contributed by atoms with Crippen molar-refractivity contribution in [1.82, 2.24) is 9.80 Å². The molecule has 1 heterocycles. The number of benzene rings is 4. The Morgan fingerprint density at radius 3 is 1.83 bits per heavy atom. The number of anilines is 1. The van der Waals surface area contributed by atoms with Crippen LogP contribution in [0.15, 0.2) is 103 Å². The standard InChI is InChI=1S/C35H37N3O3/c1-25-13-12-14-26(2)33(25)41-27(3)34(39)36-31-20-11-10-19-30(31)35(40)38-23-21-37(22-24-38)32(28-15-6-4-7-16-28)29-17-8-5-9-18-29/h4-20,27,32H,21-24H2,1-3H3,(H,36,39). The maximum Gasteiger partial charge on any atom is 0.265 e. The third kappa shape index (κ3) is 6.50. The molecule has 1 saturated heterocycles. The normalized spacial score (nSPS) is 14.5. The molecule has 41 heavy (non-hydrogen) atoms. The molecule has 1 fully saturated rings. The summed E-state index contributed by atoms with van der Waals surface area (Å²) in [7, 11) is 0. The van der Waals surface area contributed by atoms with Crippen LogP contribution < -0.4 is 10.1 Å². The van der Waals surface area contributed by atoms with E-state index in [1.165, 1.54) is 11.1 Å². The molecule has 0 aromatic heterocycles. The minimum atomic E-state index is -0.727. The molecule has 0 saturated carbocycles. The summed E-state index contributed by atoms with van der Waals surface area (Å²) >= 11 is 0. The molecule has 0 spiro atoms. The fourth-order valence-corrected chi connectivity index (χ4v) is 5.47. The topological polar surface area (TPSA) is 61.9 Å². The van der Waals surface area contributed by atoms with Crippen LogP contribution in [0.5, 0.6) is 5.75 Å². The molecule has 1 atom stereocenters. The third-order valence-electron chi connectivity index (χ3n) is 7.69. The van der Waals surface area contributed by atoms with Crippen LogP contribution in [0.4, 0.5) is 5.69 Å². The van der Waals surface area contributed by atoms with E-state index < -0.39 is 6.10 Å². The Hall–Kier alpha value is -4.42. The van der Waals surface area contributed by atoms with Crippen molar-refractivity contribution in [2.45, 2.75) is 32.9 Å². The van der Waals surface area contributed by atoms with Crippen LogP contribution in [0.3, 0.4) is 0 Å². The highest BCUT2D eigenvalue weighted by Gasteiger charge is 2.29. The minimum absolute atomic E-state index is 0.0835. The molecular weight excluding hydrogens is 510 g/mol. The number of rotatable bonds is 8. The van der Waals surface area contributed by atoms with Crippen molar-refractivity contribution in [3.63, 3.8) is 0 Å². The summed E-state index contributed by atoms with van der Waals surface area (Å²) in [6.45, 7) is 8.34. The largest absolute Gasteiger partial charge is 0.480 e. The SMILES string of the molecule is Cc1cccc(C)c1OC(C)C(=O)Nc1ccccc1C(=O)N1CCN(C(c2ccccc2)c2ccccc2)CC1. The lowest BCUT2D eigenvalue weighted by atomic mass is 9.96. The van der Waals surface area contributed by atoms with Gasteiger partial charge in [0.2, 0.25) is 0 Å². The highest BCUT2D eigenvalue weighted by atomic mass is 16.5. The summed E-state index contributed by atoms with van der Waals surface area (Å²) in [6.07, 6.45) is -0.727. The molecular formula is C35H37N3O3. The second-order valence-corrected chi connectivity index (χ2v) is 10.6. The van der Waals surface area contributed by atoms with E-state index in [1.807, 2.05) is 61.2 Å². The van der Waals surface area contributed by atoms with E-state index in [0.29, 0.717) is 30.1 Å². The molecule has 4 aromatic carbocycles. The Morgan fingerprint density at radius 1 is 0.707 bits per heavy atom. The molecule has 1 aliphatic rings. The number of piperazine rings is 1. The Morgan fingerprint density at radius 2 is 1.24 bits per heavy atom. The fraction of sp³-hybridized carbons (Fsp3) is 0.257. The Labute approximate surface area is 242 Å². The van der Waals surface area contributed by atoms with E-state index in [1.54, 1.807) is 19.1 Å². The van der Waals surface area contributed by atoms with Crippen molar-refractivity contribution in [1.29, 1.82) is 0 Å². The summed E-state index contributed by atoms with van der Waals surface area (Å²) in [5.74, 6) is 0.327. The number of hydrogen-bond acceptors (Lipinski definition) is 4. The van der Waals surface area contributed by atoms with E-state index in [2.05, 4.69) is 58.7 Å². The van der Waals surface area contributed by atoms with Gasteiger partial charge in [-0.3, -0.25) is 14.5 Å². The predicted molar refractivity (Wildman–Crippen MR) is 163 cm³/mol. The first-order valence-electron chi connectivity index (χ1n) is 14.2. The van der Waals surface area contributed by atoms with Crippen molar-refractivity contribution >= 4 is 17.5 Å². The summed E-state index contributed by atoms with van der Waals surface area (Å²) in [6, 6.07) is 34.2. The number of ether oxygens (including phenoxy) is 1. The Balaban J connectivity index is 1.26. The van der Waals surface area contributed by atoms with E-state index in [0.717, 1.165) is 24.2 Å². The van der Waals surface area contributed by atoms with Gasteiger partial charge in [0.25, 0.3) is 11.8 Å². The second-order valence-electron chi connectivity index (χ2n) is 10.6. The molecule has 1 N–H and O–H groups in total. The second kappa shape index (κ2) is 12.8. The zero-order chi connectivity index (χ0) is 28.8. The zero-order valence-electron chi connectivity index (χ0n) is 23.9. The van der Waals surface area contributed by atoms with Gasteiger partial charge in [-0.2, -0.15) is 0 Å². The van der Waals surface area contributed by atoms with Crippen LogP contribution in [0.2, 0.25) is 0 Å². The van der Waals surface area contributed by atoms with E-state index in [9.17, 15) is 9.59 Å². The number of para-hydroxylation sites is 2. The number of amides is 2. The van der Waals surface area contributed by atoms with Gasteiger partial charge < -0.3 is 15.0 Å². The van der Waals surface area contributed by atoms with E-state index in [-0.39, 0.29) is 17.9 Å². The van der Waals surface area contributed by atoms with Crippen molar-refractivity contribution < 1.29 is 14.3 Å². The van der Waals surface area contributed by atoms with Gasteiger partial charge in [0.05, 0.1) is 17.3 Å². The van der Waals surface area contributed by atoms with Crippen LogP contribution in [-0.2, 0) is 4.79 Å². The predicted octanol–water partition coefficient (Wildman–Crippen LogP) is 6.26. The van der Waals surface area contributed by atoms with Crippen LogP contribution in [0.25, 0.3) is 0 Å². The molecule has 210 valence electrons. The highest BCUT2D eigenvalue weighted by Crippen LogP contribution is 2.30. The smallest absolute Gasteiger partial charge is 0.265 e. The van der Waals surface area contributed by atoms with E-state index in [4.69, 9.17) is 4.74 Å². The molecule has 5 rings (SSSR count). The first-order valence-corrected chi connectivity index (χ1v) is 14.2. The maximum absolute atomic E-state index is 13.7. The van der Waals surface area contributed by atoms with Crippen LogP contribution in [0.1, 0.15) is 45.6 Å². The minimum Gasteiger partial charge on any atom is -0.480 e. The number of nitrogens with zero attached hydrogens (tertiary/aromatic N) is 2. The fourth-order valence-electron chi connectivity index (χ4n) is 5.47. The molecule has 1 unspecified atom stereocenters. The van der Waals surface area contributed by atoms with Gasteiger partial charge in [-0.25, -0.2) is 0 Å². The lowest BCUT2D eigenvalue weighted by molar-refractivity contribution is -0.122. The van der Waals surface area contributed by atoms with Gasteiger partial charge in [-0.05, 0) is 55.2 Å². The lowest BCUT2D eigenvalue weighted by Gasteiger charge is -2.40. The van der Waals surface area contributed by atoms with Crippen molar-refractivity contribution in [2.75, 3.05) is 31.5 Å². The van der Waals surface area contributed by atoms with Gasteiger partial charge in [-0.15, -0.1) is 0 Å². The number of carbonyl (C=O) groups excluding carboxylic acids is 2. The number of hydrogen-bond donors (Lipinski definition) is 1. The Kier molecular flexibility index (Phi) is 8.80. The number of aryl methyl sites for hydroxylation is 2. The van der Waals surface area contributed by atoms with Crippen LogP contribution in [0, 0.1) is 13.8 Å². The van der Waals surface area contributed by atoms with Gasteiger partial charge in [-0.1, -0.05) is 91.0 Å². The maximum atomic E-state index is 13.7. The zero-order valence-corrected chi connectivity index (χ0v) is 23.9. The Bertz CT molecular complexity index is 1420. The van der Waals surface area contributed by atoms with Gasteiger partial charge in [0, 0.05) is 26.2 Å². The van der Waals surface area contributed by atoms with Crippen molar-refractivity contribution in [3.05, 3.63) is 131 Å². The first-order chi connectivity index (χ1) is 19.9. The summed E-state index contributed by atoms with van der Waals surface area (Å²) < 4.78 is 6.02. The molecule has 0 aliphatic carbocycles. The molecule has 4 aromatic rings. The molecule has 0 bridgehead atoms. The molecule has 2 amide bonds. The average Bonchev–Trinajstić information content (AvgIpc) is 3.00. The molecule has 6 nitrogen and oxygen atoms in total. The lowest BCUT2D eigenvalue weighted by Crippen LogP contribution is -2.50. The van der Waals surface area contributed by atoms with Crippen LogP contribution >= 0.6 is 0 Å². The average molecular weight is 548 g/mol. The summed E-state index contributed by atoms with van der Waals surface area (Å²) in [4.78, 5) is 31.1. The monoisotopic (exact) mass is 547 g/mol. The number of carbonyl (C=O) groups is 2. The van der Waals surface area contributed by atoms with Crippen molar-refractivity contribution in [2.24, 2.45) is 0 Å². The van der Waals surface area contributed by atoms with Crippen LogP contribution in [-0.4, -0.2) is 53.9 Å². The molecule has 0 radical (unpaired) electrons. The van der Waals surface area contributed by atoms with Gasteiger partial charge in [0.15, 0.2) is 6.10 Å². The first kappa shape index (κ1) is 28.1. The molecule has 1 aliphatic heterocycles. The highest BCUT2D eigenvalue weighted by molar-refractivity contribution is 6.04. The van der Waals surface area contributed by atoms with Gasteiger partial charge in [0.1, 0.15) is 5.75 Å². The molecule has 6 heteroatoms.